The molecule has 0 atom stereocenters. The zero-order valence-electron chi connectivity index (χ0n) is 14.9. The lowest BCUT2D eigenvalue weighted by Gasteiger charge is -2.16. The summed E-state index contributed by atoms with van der Waals surface area (Å²) < 4.78 is 0. The molecule has 0 spiro atoms. The molecule has 0 saturated heterocycles. The van der Waals surface area contributed by atoms with E-state index < -0.39 is 5.97 Å². The summed E-state index contributed by atoms with van der Waals surface area (Å²) in [7, 11) is 0. The Morgan fingerprint density at radius 3 is 2.45 bits per heavy atom. The van der Waals surface area contributed by atoms with Crippen molar-refractivity contribution in [3.8, 4) is 33.0 Å². The van der Waals surface area contributed by atoms with Crippen LogP contribution < -0.4 is 5.48 Å². The number of carboxylic acid groups (broad SMARTS) is 1. The van der Waals surface area contributed by atoms with Crippen molar-refractivity contribution in [3.05, 3.63) is 87.9 Å². The van der Waals surface area contributed by atoms with Gasteiger partial charge in [-0.3, -0.25) is 0 Å². The Bertz CT molecular complexity index is 1210. The minimum atomic E-state index is -1.08. The lowest BCUT2D eigenvalue weighted by molar-refractivity contribution is 0.0698. The zero-order valence-corrected chi connectivity index (χ0v) is 16.5. The molecule has 5 nitrogen and oxygen atoms in total. The number of rotatable bonds is 5. The third-order valence-electron chi connectivity index (χ3n) is 4.48. The van der Waals surface area contributed by atoms with Crippen LogP contribution in [0.25, 0.3) is 33.0 Å². The molecule has 3 aromatic carbocycles. The number of carboxylic acids is 1. The highest BCUT2D eigenvalue weighted by Crippen LogP contribution is 2.36. The molecule has 2 N–H and O–H groups in total. The molecule has 7 heteroatoms. The van der Waals surface area contributed by atoms with Gasteiger partial charge in [-0.25, -0.2) is 9.78 Å². The van der Waals surface area contributed by atoms with Crippen LogP contribution in [0.15, 0.2) is 72.1 Å². The van der Waals surface area contributed by atoms with E-state index in [0.29, 0.717) is 32.4 Å². The summed E-state index contributed by atoms with van der Waals surface area (Å²) in [5, 5.41) is 24.2. The topological polar surface area (TPSA) is 85.3 Å². The monoisotopic (exact) mass is 421 g/mol. The van der Waals surface area contributed by atoms with Crippen molar-refractivity contribution in [1.29, 1.82) is 0 Å². The van der Waals surface area contributed by atoms with Crippen LogP contribution in [0.3, 0.4) is 0 Å². The summed E-state index contributed by atoms with van der Waals surface area (Å²) >= 11 is 7.66. The smallest absolute Gasteiger partial charge is 0.336 e. The van der Waals surface area contributed by atoms with Crippen LogP contribution in [0, 0.1) is 5.21 Å². The normalized spacial score (nSPS) is 10.7. The zero-order chi connectivity index (χ0) is 20.4. The molecule has 1 heterocycles. The van der Waals surface area contributed by atoms with Crippen LogP contribution >= 0.6 is 22.9 Å². The average molecular weight is 422 g/mol. The molecular weight excluding hydrogens is 408 g/mol. The summed E-state index contributed by atoms with van der Waals surface area (Å²) in [6, 6.07) is 19.3. The molecule has 29 heavy (non-hydrogen) atoms. The number of aromatic nitrogens is 1. The summed E-state index contributed by atoms with van der Waals surface area (Å²) in [6.45, 7) is 0. The first-order valence-corrected chi connectivity index (χ1v) is 9.90. The number of aromatic carboxylic acids is 1. The number of benzene rings is 3. The van der Waals surface area contributed by atoms with Crippen molar-refractivity contribution in [2.75, 3.05) is 5.48 Å². The summed E-state index contributed by atoms with van der Waals surface area (Å²) in [5.74, 6) is -1.08. The highest BCUT2D eigenvalue weighted by atomic mass is 35.5. The molecule has 0 fully saturated rings. The van der Waals surface area contributed by atoms with E-state index in [2.05, 4.69) is 4.98 Å². The fourth-order valence-electron chi connectivity index (χ4n) is 3.10. The van der Waals surface area contributed by atoms with Crippen LogP contribution in [0.2, 0.25) is 5.02 Å². The van der Waals surface area contributed by atoms with Gasteiger partial charge in [-0.15, -0.1) is 11.3 Å². The number of nitrogens with one attached hydrogen (secondary N) is 1. The lowest BCUT2D eigenvalue weighted by Crippen LogP contribution is -2.01. The molecule has 0 saturated carbocycles. The van der Waals surface area contributed by atoms with E-state index >= 15 is 0 Å². The standard InChI is InChI=1S/C22H14ClN2O3S/c23-18-7-3-1-6-16(18)20-12-29-21(24-20)13-9-10-14(17(11-13)22(26)27)15-5-2-4-8-19(15)25-28/h1-12,25H,(H,26,27)/q-1. The Morgan fingerprint density at radius 1 is 1.00 bits per heavy atom. The second-order valence-electron chi connectivity index (χ2n) is 6.23. The Kier molecular flexibility index (Phi) is 5.31. The van der Waals surface area contributed by atoms with E-state index in [-0.39, 0.29) is 5.56 Å². The van der Waals surface area contributed by atoms with Gasteiger partial charge in [-0.05, 0) is 23.8 Å². The molecule has 0 aliphatic heterocycles. The Hall–Kier alpha value is -3.19. The summed E-state index contributed by atoms with van der Waals surface area (Å²) in [6.07, 6.45) is 0. The van der Waals surface area contributed by atoms with Gasteiger partial charge in [0.05, 0.1) is 11.3 Å². The number of nitrogens with zero attached hydrogens (tertiary/aromatic N) is 1. The number of anilines is 1. The maximum Gasteiger partial charge on any atom is 0.336 e. The van der Waals surface area contributed by atoms with Gasteiger partial charge < -0.3 is 15.8 Å². The number of hydrogen-bond donors (Lipinski definition) is 2. The first kappa shape index (κ1) is 19.1. The number of carbonyl (C=O) groups is 1. The Balaban J connectivity index is 1.78. The van der Waals surface area contributed by atoms with Crippen LogP contribution in [-0.2, 0) is 0 Å². The quantitative estimate of drug-likeness (QED) is 0.364. The van der Waals surface area contributed by atoms with E-state index in [0.717, 1.165) is 11.3 Å². The Morgan fingerprint density at radius 2 is 1.72 bits per heavy atom. The van der Waals surface area contributed by atoms with Gasteiger partial charge in [0.25, 0.3) is 0 Å². The van der Waals surface area contributed by atoms with Gasteiger partial charge in [0.1, 0.15) is 5.01 Å². The fraction of sp³-hybridized carbons (Fsp3) is 0. The van der Waals surface area contributed by atoms with E-state index in [1.165, 1.54) is 11.3 Å². The molecule has 4 aromatic rings. The van der Waals surface area contributed by atoms with Crippen LogP contribution in [-0.4, -0.2) is 16.1 Å². The average Bonchev–Trinajstić information content (AvgIpc) is 3.23. The minimum Gasteiger partial charge on any atom is -0.761 e. The molecule has 0 bridgehead atoms. The molecule has 0 amide bonds. The van der Waals surface area contributed by atoms with Crippen molar-refractivity contribution in [1.82, 2.24) is 4.98 Å². The van der Waals surface area contributed by atoms with Crippen molar-refractivity contribution < 1.29 is 9.90 Å². The van der Waals surface area contributed by atoms with Crippen LogP contribution in [0.4, 0.5) is 5.69 Å². The van der Waals surface area contributed by atoms with Gasteiger partial charge >= 0.3 is 5.97 Å². The van der Waals surface area contributed by atoms with Crippen LogP contribution in [0.1, 0.15) is 10.4 Å². The maximum atomic E-state index is 11.9. The molecule has 0 radical (unpaired) electrons. The van der Waals surface area contributed by atoms with E-state index in [1.807, 2.05) is 29.1 Å². The Labute approximate surface area is 175 Å². The second-order valence-corrected chi connectivity index (χ2v) is 7.50. The first-order valence-electron chi connectivity index (χ1n) is 8.64. The molecule has 0 aliphatic rings. The van der Waals surface area contributed by atoms with E-state index in [9.17, 15) is 15.1 Å². The van der Waals surface area contributed by atoms with Crippen molar-refractivity contribution >= 4 is 34.6 Å². The van der Waals surface area contributed by atoms with Gasteiger partial charge in [0, 0.05) is 32.8 Å². The predicted octanol–water partition coefficient (Wildman–Crippen LogP) is 6.41. The number of thiazole rings is 1. The largest absolute Gasteiger partial charge is 0.761 e. The summed E-state index contributed by atoms with van der Waals surface area (Å²) in [5.41, 5.74) is 5.51. The van der Waals surface area contributed by atoms with Crippen LogP contribution in [0.5, 0.6) is 0 Å². The third-order valence-corrected chi connectivity index (χ3v) is 5.70. The maximum absolute atomic E-state index is 11.9. The van der Waals surface area contributed by atoms with Gasteiger partial charge in [0.2, 0.25) is 0 Å². The molecular formula is C22H14ClN2O3S-. The molecule has 4 rings (SSSR count). The van der Waals surface area contributed by atoms with Crippen molar-refractivity contribution in [2.45, 2.75) is 0 Å². The highest BCUT2D eigenvalue weighted by molar-refractivity contribution is 7.13. The highest BCUT2D eigenvalue weighted by Gasteiger charge is 2.17. The number of para-hydroxylation sites is 1. The van der Waals surface area contributed by atoms with E-state index in [4.69, 9.17) is 11.6 Å². The molecule has 0 aliphatic carbocycles. The van der Waals surface area contributed by atoms with Gasteiger partial charge in [-0.1, -0.05) is 60.1 Å². The van der Waals surface area contributed by atoms with E-state index in [1.54, 1.807) is 48.5 Å². The van der Waals surface area contributed by atoms with Crippen molar-refractivity contribution in [2.24, 2.45) is 0 Å². The lowest BCUT2D eigenvalue weighted by atomic mass is 9.96. The third kappa shape index (κ3) is 3.73. The summed E-state index contributed by atoms with van der Waals surface area (Å²) in [4.78, 5) is 16.5. The minimum absolute atomic E-state index is 0.0969. The van der Waals surface area contributed by atoms with Gasteiger partial charge in [-0.2, -0.15) is 0 Å². The fourth-order valence-corrected chi connectivity index (χ4v) is 4.14. The van der Waals surface area contributed by atoms with Crippen molar-refractivity contribution in [3.63, 3.8) is 0 Å². The number of halogens is 1. The first-order chi connectivity index (χ1) is 14.1. The SMILES string of the molecule is O=C(O)c1cc(-c2nc(-c3ccccc3Cl)cs2)ccc1-c1ccccc1N[O-]. The second kappa shape index (κ2) is 8.05. The van der Waals surface area contributed by atoms with Gasteiger partial charge in [0.15, 0.2) is 0 Å². The number of hydrogen-bond acceptors (Lipinski definition) is 5. The molecule has 144 valence electrons. The molecule has 1 aromatic heterocycles. The molecule has 0 unspecified atom stereocenters. The predicted molar refractivity (Wildman–Crippen MR) is 117 cm³/mol.